The minimum Gasteiger partial charge on any atom is -0.481 e. The molecule has 0 fully saturated rings. The molecule has 0 unspecified atom stereocenters. The van der Waals surface area contributed by atoms with Gasteiger partial charge in [0.25, 0.3) is 0 Å². The number of hydrogen-bond donors (Lipinski definition) is 1. The first-order valence-corrected chi connectivity index (χ1v) is 7.50. The van der Waals surface area contributed by atoms with Gasteiger partial charge in [0.15, 0.2) is 11.0 Å². The van der Waals surface area contributed by atoms with Gasteiger partial charge >= 0.3 is 5.97 Å². The highest BCUT2D eigenvalue weighted by Crippen LogP contribution is 2.29. The van der Waals surface area contributed by atoms with Crippen LogP contribution in [0.1, 0.15) is 6.92 Å². The molecule has 20 heavy (non-hydrogen) atoms. The lowest BCUT2D eigenvalue weighted by Gasteiger charge is -2.07. The minimum atomic E-state index is -0.892. The molecule has 0 aliphatic carbocycles. The van der Waals surface area contributed by atoms with E-state index in [1.165, 1.54) is 0 Å². The van der Waals surface area contributed by atoms with Gasteiger partial charge in [-0.3, -0.25) is 4.79 Å². The fraction of sp³-hybridized carbons (Fsp3) is 0.250. The Labute approximate surface area is 129 Å². The maximum Gasteiger partial charge on any atom is 0.313 e. The lowest BCUT2D eigenvalue weighted by atomic mass is 10.2. The summed E-state index contributed by atoms with van der Waals surface area (Å²) in [5, 5.41) is 18.3. The predicted octanol–water partition coefficient (Wildman–Crippen LogP) is 3.45. The van der Waals surface area contributed by atoms with Crippen LogP contribution in [0.2, 0.25) is 10.0 Å². The van der Waals surface area contributed by atoms with Crippen molar-refractivity contribution in [2.24, 2.45) is 0 Å². The van der Waals surface area contributed by atoms with Crippen molar-refractivity contribution in [2.75, 3.05) is 5.75 Å². The smallest absolute Gasteiger partial charge is 0.313 e. The highest BCUT2D eigenvalue weighted by Gasteiger charge is 2.15. The van der Waals surface area contributed by atoms with Crippen molar-refractivity contribution in [1.82, 2.24) is 14.8 Å². The van der Waals surface area contributed by atoms with Crippen LogP contribution in [0.25, 0.3) is 11.4 Å². The van der Waals surface area contributed by atoms with E-state index >= 15 is 0 Å². The number of thioether (sulfide) groups is 1. The SMILES string of the molecule is CCn1c(SCC(=O)O)nnc1-c1ccc(Cl)c(Cl)c1. The van der Waals surface area contributed by atoms with Gasteiger partial charge < -0.3 is 9.67 Å². The summed E-state index contributed by atoms with van der Waals surface area (Å²) >= 11 is 13.0. The fourth-order valence-corrected chi connectivity index (χ4v) is 2.68. The molecule has 0 aliphatic rings. The van der Waals surface area contributed by atoms with E-state index in [1.807, 2.05) is 11.5 Å². The van der Waals surface area contributed by atoms with E-state index in [0.29, 0.717) is 27.6 Å². The number of hydrogen-bond acceptors (Lipinski definition) is 4. The third-order valence-corrected chi connectivity index (χ3v) is 4.23. The monoisotopic (exact) mass is 331 g/mol. The average Bonchev–Trinajstić information content (AvgIpc) is 2.82. The molecule has 0 amide bonds. The van der Waals surface area contributed by atoms with Gasteiger partial charge in [0.05, 0.1) is 15.8 Å². The fourth-order valence-electron chi connectivity index (χ4n) is 1.66. The van der Waals surface area contributed by atoms with Crippen molar-refractivity contribution >= 4 is 40.9 Å². The topological polar surface area (TPSA) is 68.0 Å². The summed E-state index contributed by atoms with van der Waals surface area (Å²) in [6, 6.07) is 5.21. The number of carbonyl (C=O) groups is 1. The lowest BCUT2D eigenvalue weighted by molar-refractivity contribution is -0.133. The Morgan fingerprint density at radius 2 is 2.10 bits per heavy atom. The molecule has 0 aliphatic heterocycles. The first-order chi connectivity index (χ1) is 9.52. The molecule has 1 heterocycles. The second-order valence-corrected chi connectivity index (χ2v) is 5.62. The Kier molecular flexibility index (Phi) is 4.91. The van der Waals surface area contributed by atoms with Gasteiger partial charge in [-0.25, -0.2) is 0 Å². The third-order valence-electron chi connectivity index (χ3n) is 2.54. The van der Waals surface area contributed by atoms with E-state index in [-0.39, 0.29) is 5.75 Å². The van der Waals surface area contributed by atoms with Gasteiger partial charge in [-0.15, -0.1) is 10.2 Å². The number of rotatable bonds is 5. The largest absolute Gasteiger partial charge is 0.481 e. The number of benzene rings is 1. The quantitative estimate of drug-likeness (QED) is 0.850. The van der Waals surface area contributed by atoms with Gasteiger partial charge in [-0.1, -0.05) is 35.0 Å². The molecule has 5 nitrogen and oxygen atoms in total. The molecule has 0 saturated heterocycles. The molecule has 106 valence electrons. The van der Waals surface area contributed by atoms with Crippen LogP contribution in [0.4, 0.5) is 0 Å². The Balaban J connectivity index is 2.36. The molecule has 8 heteroatoms. The highest BCUT2D eigenvalue weighted by molar-refractivity contribution is 7.99. The Bertz CT molecular complexity index is 646. The number of aliphatic carboxylic acids is 1. The van der Waals surface area contributed by atoms with Crippen LogP contribution >= 0.6 is 35.0 Å². The van der Waals surface area contributed by atoms with Crippen LogP contribution in [-0.4, -0.2) is 31.6 Å². The molecule has 1 aromatic carbocycles. The van der Waals surface area contributed by atoms with Gasteiger partial charge in [-0.2, -0.15) is 0 Å². The van der Waals surface area contributed by atoms with E-state index in [2.05, 4.69) is 10.2 Å². The van der Waals surface area contributed by atoms with Crippen molar-refractivity contribution in [2.45, 2.75) is 18.6 Å². The zero-order valence-electron chi connectivity index (χ0n) is 10.5. The molecule has 0 atom stereocenters. The number of carboxylic acid groups (broad SMARTS) is 1. The summed E-state index contributed by atoms with van der Waals surface area (Å²) in [7, 11) is 0. The zero-order valence-corrected chi connectivity index (χ0v) is 12.8. The standard InChI is InChI=1S/C12H11Cl2N3O2S/c1-2-17-11(7-3-4-8(13)9(14)5-7)15-16-12(17)20-6-10(18)19/h3-5H,2,6H2,1H3,(H,18,19). The van der Waals surface area contributed by atoms with Crippen LogP contribution in [0, 0.1) is 0 Å². The van der Waals surface area contributed by atoms with Crippen LogP contribution in [0.5, 0.6) is 0 Å². The predicted molar refractivity (Wildman–Crippen MR) is 79.5 cm³/mol. The second-order valence-electron chi connectivity index (χ2n) is 3.86. The summed E-state index contributed by atoms with van der Waals surface area (Å²) < 4.78 is 1.84. The zero-order chi connectivity index (χ0) is 14.7. The number of nitrogens with zero attached hydrogens (tertiary/aromatic N) is 3. The molecule has 2 rings (SSSR count). The average molecular weight is 332 g/mol. The summed E-state index contributed by atoms with van der Waals surface area (Å²) in [5.74, 6) is -0.310. The minimum absolute atomic E-state index is 0.0560. The second kappa shape index (κ2) is 6.47. The van der Waals surface area contributed by atoms with E-state index in [0.717, 1.165) is 17.3 Å². The molecule has 0 spiro atoms. The molecular weight excluding hydrogens is 321 g/mol. The molecule has 0 radical (unpaired) electrons. The summed E-state index contributed by atoms with van der Waals surface area (Å²) in [4.78, 5) is 10.6. The van der Waals surface area contributed by atoms with Crippen LogP contribution in [0.3, 0.4) is 0 Å². The first kappa shape index (κ1) is 15.2. The van der Waals surface area contributed by atoms with E-state index < -0.39 is 5.97 Å². The van der Waals surface area contributed by atoms with Gasteiger partial charge in [-0.05, 0) is 25.1 Å². The lowest BCUT2D eigenvalue weighted by Crippen LogP contribution is -2.03. The first-order valence-electron chi connectivity index (χ1n) is 5.76. The normalized spacial score (nSPS) is 10.8. The van der Waals surface area contributed by atoms with Crippen molar-refractivity contribution in [3.8, 4) is 11.4 Å². The van der Waals surface area contributed by atoms with E-state index in [1.54, 1.807) is 18.2 Å². The maximum absolute atomic E-state index is 10.6. The summed E-state index contributed by atoms with van der Waals surface area (Å²) in [5.41, 5.74) is 0.788. The Morgan fingerprint density at radius 1 is 1.35 bits per heavy atom. The van der Waals surface area contributed by atoms with Crippen molar-refractivity contribution in [3.05, 3.63) is 28.2 Å². The maximum atomic E-state index is 10.6. The molecule has 2 aromatic rings. The highest BCUT2D eigenvalue weighted by atomic mass is 35.5. The number of carboxylic acids is 1. The van der Waals surface area contributed by atoms with Crippen molar-refractivity contribution < 1.29 is 9.90 Å². The summed E-state index contributed by atoms with van der Waals surface area (Å²) in [6.45, 7) is 2.57. The number of halogens is 2. The number of aromatic nitrogens is 3. The molecular formula is C12H11Cl2N3O2S. The molecule has 1 N–H and O–H groups in total. The molecule has 0 saturated carbocycles. The van der Waals surface area contributed by atoms with Gasteiger partial charge in [0, 0.05) is 12.1 Å². The van der Waals surface area contributed by atoms with E-state index in [9.17, 15) is 4.79 Å². The van der Waals surface area contributed by atoms with Crippen LogP contribution in [-0.2, 0) is 11.3 Å². The molecule has 1 aromatic heterocycles. The van der Waals surface area contributed by atoms with Crippen molar-refractivity contribution in [3.63, 3.8) is 0 Å². The summed E-state index contributed by atoms with van der Waals surface area (Å²) in [6.07, 6.45) is 0. The van der Waals surface area contributed by atoms with Gasteiger partial charge in [0.2, 0.25) is 0 Å². The van der Waals surface area contributed by atoms with Crippen molar-refractivity contribution in [1.29, 1.82) is 0 Å². The van der Waals surface area contributed by atoms with Gasteiger partial charge in [0.1, 0.15) is 0 Å². The molecule has 0 bridgehead atoms. The van der Waals surface area contributed by atoms with E-state index in [4.69, 9.17) is 28.3 Å². The Hall–Kier alpha value is -1.24. The third kappa shape index (κ3) is 3.26. The van der Waals surface area contributed by atoms with Crippen LogP contribution in [0.15, 0.2) is 23.4 Å². The van der Waals surface area contributed by atoms with Crippen LogP contribution < -0.4 is 0 Å². The Morgan fingerprint density at radius 3 is 2.70 bits per heavy atom.